The van der Waals surface area contributed by atoms with Crippen molar-refractivity contribution in [2.24, 2.45) is 5.92 Å². The molecule has 0 aliphatic carbocycles. The predicted molar refractivity (Wildman–Crippen MR) is 119 cm³/mol. The largest absolute Gasteiger partial charge is 0.424 e. The van der Waals surface area contributed by atoms with E-state index in [-0.39, 0.29) is 24.2 Å². The molecule has 0 bridgehead atoms. The van der Waals surface area contributed by atoms with Crippen molar-refractivity contribution in [3.05, 3.63) is 71.0 Å². The van der Waals surface area contributed by atoms with Gasteiger partial charge in [0.15, 0.2) is 0 Å². The molecular formula is C23H21ClN4O3. The molecule has 2 amide bonds. The first kappa shape index (κ1) is 20.8. The van der Waals surface area contributed by atoms with Gasteiger partial charge in [0.2, 0.25) is 11.8 Å². The molecule has 8 heteroatoms. The van der Waals surface area contributed by atoms with Gasteiger partial charge in [-0.2, -0.15) is 9.97 Å². The predicted octanol–water partition coefficient (Wildman–Crippen LogP) is 4.53. The highest BCUT2D eigenvalue weighted by Gasteiger charge is 2.35. The number of anilines is 2. The highest BCUT2D eigenvalue weighted by molar-refractivity contribution is 6.30. The number of aromatic nitrogens is 2. The molecule has 2 heterocycles. The molecular weight excluding hydrogens is 416 g/mol. The van der Waals surface area contributed by atoms with Crippen LogP contribution in [0.5, 0.6) is 11.8 Å². The Morgan fingerprint density at radius 3 is 2.35 bits per heavy atom. The first-order valence-electron chi connectivity index (χ1n) is 9.85. The first-order valence-corrected chi connectivity index (χ1v) is 10.2. The molecule has 1 fully saturated rings. The Morgan fingerprint density at radius 2 is 1.71 bits per heavy atom. The molecule has 1 N–H and O–H groups in total. The number of rotatable bonds is 5. The van der Waals surface area contributed by atoms with Gasteiger partial charge in [-0.1, -0.05) is 29.8 Å². The van der Waals surface area contributed by atoms with Crippen molar-refractivity contribution in [1.29, 1.82) is 0 Å². The van der Waals surface area contributed by atoms with Crippen LogP contribution in [0, 0.1) is 19.8 Å². The van der Waals surface area contributed by atoms with Crippen LogP contribution in [-0.4, -0.2) is 28.3 Å². The summed E-state index contributed by atoms with van der Waals surface area (Å²) in [5.74, 6) is -0.179. The third kappa shape index (κ3) is 4.67. The maximum Gasteiger partial charge on any atom is 0.322 e. The molecule has 1 saturated heterocycles. The van der Waals surface area contributed by atoms with Crippen molar-refractivity contribution >= 4 is 34.8 Å². The van der Waals surface area contributed by atoms with E-state index in [4.69, 9.17) is 16.3 Å². The van der Waals surface area contributed by atoms with Gasteiger partial charge in [-0.25, -0.2) is 0 Å². The molecule has 31 heavy (non-hydrogen) atoms. The van der Waals surface area contributed by atoms with E-state index in [2.05, 4.69) is 15.3 Å². The van der Waals surface area contributed by atoms with Crippen LogP contribution in [0.4, 0.5) is 11.4 Å². The number of carbonyl (C=O) groups excluding carboxylic acids is 2. The van der Waals surface area contributed by atoms with Crippen molar-refractivity contribution in [2.45, 2.75) is 20.3 Å². The van der Waals surface area contributed by atoms with Gasteiger partial charge in [-0.15, -0.1) is 0 Å². The maximum absolute atomic E-state index is 12.9. The molecule has 7 nitrogen and oxygen atoms in total. The summed E-state index contributed by atoms with van der Waals surface area (Å²) in [6, 6.07) is 16.4. The Morgan fingerprint density at radius 1 is 1.06 bits per heavy atom. The number of para-hydroxylation sites is 1. The fourth-order valence-electron chi connectivity index (χ4n) is 3.49. The smallest absolute Gasteiger partial charge is 0.322 e. The lowest BCUT2D eigenvalue weighted by Gasteiger charge is -2.17. The highest BCUT2D eigenvalue weighted by Crippen LogP contribution is 2.28. The van der Waals surface area contributed by atoms with Crippen molar-refractivity contribution in [1.82, 2.24) is 9.97 Å². The summed E-state index contributed by atoms with van der Waals surface area (Å²) in [5, 5.41) is 3.49. The molecule has 1 aromatic heterocycles. The number of hydrogen-bond donors (Lipinski definition) is 1. The normalized spacial score (nSPS) is 15.8. The molecule has 1 aliphatic rings. The Balaban J connectivity index is 1.46. The average Bonchev–Trinajstić information content (AvgIpc) is 3.14. The molecule has 0 saturated carbocycles. The van der Waals surface area contributed by atoms with E-state index in [0.717, 1.165) is 5.69 Å². The van der Waals surface area contributed by atoms with Crippen molar-refractivity contribution in [3.8, 4) is 11.8 Å². The molecule has 0 radical (unpaired) electrons. The number of aryl methyl sites for hydroxylation is 2. The molecule has 3 aromatic rings. The van der Waals surface area contributed by atoms with Crippen LogP contribution in [0.25, 0.3) is 0 Å². The Kier molecular flexibility index (Phi) is 5.86. The van der Waals surface area contributed by atoms with E-state index in [1.54, 1.807) is 43.0 Å². The van der Waals surface area contributed by atoms with Crippen molar-refractivity contribution in [3.63, 3.8) is 0 Å². The number of carbonyl (C=O) groups is 2. The van der Waals surface area contributed by atoms with Crippen LogP contribution < -0.4 is 15.0 Å². The molecule has 158 valence electrons. The van der Waals surface area contributed by atoms with E-state index in [0.29, 0.717) is 34.4 Å². The van der Waals surface area contributed by atoms with Crippen molar-refractivity contribution in [2.75, 3.05) is 16.8 Å². The van der Waals surface area contributed by atoms with Gasteiger partial charge in [-0.3, -0.25) is 9.59 Å². The Bertz CT molecular complexity index is 1100. The van der Waals surface area contributed by atoms with E-state index in [9.17, 15) is 9.59 Å². The summed E-state index contributed by atoms with van der Waals surface area (Å²) in [7, 11) is 0. The van der Waals surface area contributed by atoms with Gasteiger partial charge in [-0.05, 0) is 50.2 Å². The summed E-state index contributed by atoms with van der Waals surface area (Å²) < 4.78 is 5.69. The van der Waals surface area contributed by atoms with Gasteiger partial charge in [0, 0.05) is 23.7 Å². The second kappa shape index (κ2) is 8.73. The third-order valence-electron chi connectivity index (χ3n) is 5.08. The zero-order valence-electron chi connectivity index (χ0n) is 17.1. The molecule has 2 aromatic carbocycles. The zero-order chi connectivity index (χ0) is 22.0. The van der Waals surface area contributed by atoms with Gasteiger partial charge < -0.3 is 15.0 Å². The monoisotopic (exact) mass is 436 g/mol. The van der Waals surface area contributed by atoms with E-state index < -0.39 is 5.92 Å². The van der Waals surface area contributed by atoms with Crippen LogP contribution in [-0.2, 0) is 9.59 Å². The van der Waals surface area contributed by atoms with Gasteiger partial charge in [0.05, 0.1) is 23.0 Å². The molecule has 1 aliphatic heterocycles. The highest BCUT2D eigenvalue weighted by atomic mass is 35.5. The molecule has 1 atom stereocenters. The SMILES string of the molecule is Cc1nc(Oc2ccccc2)nc(C)c1NC(=O)C1CC(=O)N(c2ccc(Cl)cc2)C1. The zero-order valence-corrected chi connectivity index (χ0v) is 17.9. The van der Waals surface area contributed by atoms with Crippen LogP contribution in [0.1, 0.15) is 17.8 Å². The van der Waals surface area contributed by atoms with Gasteiger partial charge in [0.25, 0.3) is 0 Å². The van der Waals surface area contributed by atoms with Crippen LogP contribution in [0.2, 0.25) is 5.02 Å². The lowest BCUT2D eigenvalue weighted by Crippen LogP contribution is -2.28. The summed E-state index contributed by atoms with van der Waals surface area (Å²) in [5.41, 5.74) is 2.43. The number of nitrogens with one attached hydrogen (secondary N) is 1. The second-order valence-electron chi connectivity index (χ2n) is 7.34. The standard InChI is InChI=1S/C23H21ClN4O3/c1-14-21(15(2)26-23(25-14)31-19-6-4-3-5-7-19)27-22(30)16-12-20(29)28(13-16)18-10-8-17(24)9-11-18/h3-11,16H,12-13H2,1-2H3,(H,27,30). The maximum atomic E-state index is 12.9. The number of nitrogens with zero attached hydrogens (tertiary/aromatic N) is 3. The lowest BCUT2D eigenvalue weighted by molar-refractivity contribution is -0.122. The fraction of sp³-hybridized carbons (Fsp3) is 0.217. The number of benzene rings is 2. The minimum absolute atomic E-state index is 0.0984. The summed E-state index contributed by atoms with van der Waals surface area (Å²) in [4.78, 5) is 35.6. The van der Waals surface area contributed by atoms with E-state index in [1.807, 2.05) is 30.3 Å². The van der Waals surface area contributed by atoms with E-state index in [1.165, 1.54) is 0 Å². The quantitative estimate of drug-likeness (QED) is 0.635. The Labute approximate surface area is 185 Å². The molecule has 1 unspecified atom stereocenters. The summed E-state index contributed by atoms with van der Waals surface area (Å²) in [6.45, 7) is 3.87. The number of hydrogen-bond acceptors (Lipinski definition) is 5. The van der Waals surface area contributed by atoms with Crippen molar-refractivity contribution < 1.29 is 14.3 Å². The number of halogens is 1. The summed E-state index contributed by atoms with van der Waals surface area (Å²) >= 11 is 5.92. The van der Waals surface area contributed by atoms with Crippen LogP contribution >= 0.6 is 11.6 Å². The van der Waals surface area contributed by atoms with Gasteiger partial charge in [0.1, 0.15) is 5.75 Å². The number of ether oxygens (including phenoxy) is 1. The minimum atomic E-state index is -0.470. The topological polar surface area (TPSA) is 84.4 Å². The van der Waals surface area contributed by atoms with Crippen LogP contribution in [0.3, 0.4) is 0 Å². The molecule has 4 rings (SSSR count). The van der Waals surface area contributed by atoms with Crippen LogP contribution in [0.15, 0.2) is 54.6 Å². The minimum Gasteiger partial charge on any atom is -0.424 e. The lowest BCUT2D eigenvalue weighted by atomic mass is 10.1. The third-order valence-corrected chi connectivity index (χ3v) is 5.34. The Hall–Kier alpha value is -3.45. The average molecular weight is 437 g/mol. The summed E-state index contributed by atoms with van der Waals surface area (Å²) in [6.07, 6.45) is 0.141. The first-order chi connectivity index (χ1) is 14.9. The van der Waals surface area contributed by atoms with Gasteiger partial charge >= 0.3 is 6.01 Å². The second-order valence-corrected chi connectivity index (χ2v) is 7.77. The molecule has 0 spiro atoms. The number of amides is 2. The van der Waals surface area contributed by atoms with E-state index >= 15 is 0 Å². The fourth-order valence-corrected chi connectivity index (χ4v) is 3.61.